The number of hydrogen-bond donors (Lipinski definition) is 2. The van der Waals surface area contributed by atoms with Crippen molar-refractivity contribution in [1.29, 1.82) is 0 Å². The third-order valence-electron chi connectivity index (χ3n) is 2.79. The topological polar surface area (TPSA) is 92.7 Å². The van der Waals surface area contributed by atoms with E-state index in [2.05, 4.69) is 4.74 Å². The van der Waals surface area contributed by atoms with Crippen molar-refractivity contribution in [3.8, 4) is 0 Å². The molecule has 0 aromatic heterocycles. The van der Waals surface area contributed by atoms with Crippen LogP contribution in [0.15, 0.2) is 29.2 Å². The number of carboxylic acid groups (broad SMARTS) is 1. The molecule has 6 nitrogen and oxygen atoms in total. The average molecular weight is 373 g/mol. The Morgan fingerprint density at radius 2 is 2.00 bits per heavy atom. The number of halogens is 4. The molecule has 0 radical (unpaired) electrons. The number of hydrogen-bond acceptors (Lipinski definition) is 4. The summed E-state index contributed by atoms with van der Waals surface area (Å²) in [6.45, 7) is -0.907. The highest BCUT2D eigenvalue weighted by Crippen LogP contribution is 2.23. The van der Waals surface area contributed by atoms with Crippen LogP contribution in [0.2, 0.25) is 0 Å². The number of nitrogens with one attached hydrogen (secondary N) is 1. The van der Waals surface area contributed by atoms with Gasteiger partial charge in [-0.05, 0) is 24.6 Å². The second kappa shape index (κ2) is 7.90. The second-order valence-electron chi connectivity index (χ2n) is 4.88. The first kappa shape index (κ1) is 20.3. The minimum atomic E-state index is -4.30. The fourth-order valence-electron chi connectivity index (χ4n) is 1.52. The third kappa shape index (κ3) is 5.73. The molecule has 0 spiro atoms. The number of ether oxygens (including phenoxy) is 1. The normalized spacial score (nSPS) is 13.9. The lowest BCUT2D eigenvalue weighted by Crippen LogP contribution is -2.38. The van der Waals surface area contributed by atoms with Crippen molar-refractivity contribution in [3.05, 3.63) is 29.8 Å². The molecule has 1 aromatic carbocycles. The molecule has 0 heterocycles. The first-order valence-corrected chi connectivity index (χ1v) is 8.02. The predicted octanol–water partition coefficient (Wildman–Crippen LogP) is 1.85. The van der Waals surface area contributed by atoms with E-state index in [9.17, 15) is 30.8 Å². The summed E-state index contributed by atoms with van der Waals surface area (Å²) in [6.07, 6.45) is -3.87. The van der Waals surface area contributed by atoms with E-state index in [0.29, 0.717) is 0 Å². The Kier molecular flexibility index (Phi) is 6.69. The van der Waals surface area contributed by atoms with Gasteiger partial charge in [0, 0.05) is 0 Å². The summed E-state index contributed by atoms with van der Waals surface area (Å²) in [4.78, 5) is 10.4. The Labute approximate surface area is 135 Å². The smallest absolute Gasteiger partial charge is 0.330 e. The Balaban J connectivity index is 2.78. The maximum absolute atomic E-state index is 12.7. The van der Waals surface area contributed by atoms with Crippen LogP contribution in [0.1, 0.15) is 12.5 Å². The number of benzene rings is 1. The fraction of sp³-hybridized carbons (Fsp3) is 0.462. The quantitative estimate of drug-likeness (QED) is 0.645. The van der Waals surface area contributed by atoms with Crippen molar-refractivity contribution < 1.29 is 40.6 Å². The zero-order valence-corrected chi connectivity index (χ0v) is 13.2. The Hall–Kier alpha value is -1.72. The van der Waals surface area contributed by atoms with Crippen LogP contribution < -0.4 is 4.72 Å². The van der Waals surface area contributed by atoms with E-state index >= 15 is 0 Å². The predicted molar refractivity (Wildman–Crippen MR) is 74.5 cm³/mol. The van der Waals surface area contributed by atoms with Crippen LogP contribution in [0.25, 0.3) is 0 Å². The molecule has 11 heteroatoms. The van der Waals surface area contributed by atoms with E-state index in [0.717, 1.165) is 19.1 Å². The molecule has 2 N–H and O–H groups in total. The molecule has 1 aromatic rings. The van der Waals surface area contributed by atoms with Crippen molar-refractivity contribution in [3.63, 3.8) is 0 Å². The molecule has 0 aliphatic heterocycles. The summed E-state index contributed by atoms with van der Waals surface area (Å²) in [6, 6.07) is 3.48. The molecular formula is C13H15F4NO5S. The van der Waals surface area contributed by atoms with Gasteiger partial charge in [-0.3, -0.25) is 4.79 Å². The van der Waals surface area contributed by atoms with E-state index in [-0.39, 0.29) is 10.5 Å². The largest absolute Gasteiger partial charge is 0.480 e. The van der Waals surface area contributed by atoms with Crippen molar-refractivity contribution in [1.82, 2.24) is 4.72 Å². The lowest BCUT2D eigenvalue weighted by Gasteiger charge is -2.15. The van der Waals surface area contributed by atoms with Crippen LogP contribution in [-0.4, -0.2) is 44.5 Å². The minimum absolute atomic E-state index is 0.144. The van der Waals surface area contributed by atoms with E-state index < -0.39 is 47.6 Å². The molecule has 0 saturated carbocycles. The fourth-order valence-corrected chi connectivity index (χ4v) is 2.79. The van der Waals surface area contributed by atoms with Gasteiger partial charge in [-0.2, -0.15) is 13.5 Å². The first-order valence-electron chi connectivity index (χ1n) is 6.53. The monoisotopic (exact) mass is 373 g/mol. The lowest BCUT2D eigenvalue weighted by atomic mass is 10.2. The van der Waals surface area contributed by atoms with Gasteiger partial charge >= 0.3 is 18.3 Å². The number of carboxylic acids is 1. The van der Waals surface area contributed by atoms with E-state index in [1.54, 1.807) is 0 Å². The summed E-state index contributed by atoms with van der Waals surface area (Å²) in [5.74, 6) is -5.69. The minimum Gasteiger partial charge on any atom is -0.480 e. The summed E-state index contributed by atoms with van der Waals surface area (Å²) < 4.78 is 79.7. The van der Waals surface area contributed by atoms with Gasteiger partial charge < -0.3 is 9.84 Å². The highest BCUT2D eigenvalue weighted by atomic mass is 32.2. The zero-order valence-electron chi connectivity index (χ0n) is 12.4. The van der Waals surface area contributed by atoms with Gasteiger partial charge in [-0.1, -0.05) is 12.1 Å². The summed E-state index contributed by atoms with van der Waals surface area (Å²) in [5, 5.41) is 8.70. The molecule has 1 atom stereocenters. The second-order valence-corrected chi connectivity index (χ2v) is 6.60. The Morgan fingerprint density at radius 3 is 2.54 bits per heavy atom. The number of carbonyl (C=O) groups is 1. The first-order chi connectivity index (χ1) is 11.0. The third-order valence-corrected chi connectivity index (χ3v) is 4.33. The van der Waals surface area contributed by atoms with E-state index in [1.807, 2.05) is 4.72 Å². The van der Waals surface area contributed by atoms with Crippen LogP contribution in [-0.2, 0) is 26.2 Å². The number of alkyl halides is 4. The highest BCUT2D eigenvalue weighted by molar-refractivity contribution is 7.89. The van der Waals surface area contributed by atoms with Crippen molar-refractivity contribution in [2.24, 2.45) is 0 Å². The van der Waals surface area contributed by atoms with Crippen molar-refractivity contribution in [2.45, 2.75) is 36.8 Å². The van der Waals surface area contributed by atoms with Gasteiger partial charge in [0.15, 0.2) is 0 Å². The number of aliphatic carboxylic acids is 1. The van der Waals surface area contributed by atoms with Crippen LogP contribution in [0.5, 0.6) is 0 Å². The molecule has 0 fully saturated rings. The van der Waals surface area contributed by atoms with Crippen LogP contribution in [0.4, 0.5) is 17.6 Å². The van der Waals surface area contributed by atoms with Crippen LogP contribution in [0, 0.1) is 0 Å². The molecule has 0 unspecified atom stereocenters. The molecule has 24 heavy (non-hydrogen) atoms. The van der Waals surface area contributed by atoms with Crippen LogP contribution >= 0.6 is 0 Å². The maximum Gasteiger partial charge on any atom is 0.330 e. The number of rotatable bonds is 9. The molecule has 0 aliphatic carbocycles. The average Bonchev–Trinajstić information content (AvgIpc) is 2.46. The summed E-state index contributed by atoms with van der Waals surface area (Å²) in [5.41, 5.74) is 0.144. The molecule has 1 rings (SSSR count). The van der Waals surface area contributed by atoms with Gasteiger partial charge in [-0.25, -0.2) is 17.2 Å². The van der Waals surface area contributed by atoms with Gasteiger partial charge in [0.1, 0.15) is 12.6 Å². The molecule has 0 saturated heterocycles. The van der Waals surface area contributed by atoms with Crippen molar-refractivity contribution >= 4 is 16.0 Å². The molecule has 0 amide bonds. The zero-order chi connectivity index (χ0) is 18.5. The number of sulfonamides is 1. The van der Waals surface area contributed by atoms with E-state index in [4.69, 9.17) is 5.11 Å². The summed E-state index contributed by atoms with van der Waals surface area (Å²) >= 11 is 0. The lowest BCUT2D eigenvalue weighted by molar-refractivity contribution is -0.168. The molecule has 0 aliphatic rings. The maximum atomic E-state index is 12.7. The Bertz CT molecular complexity index is 681. The Morgan fingerprint density at radius 1 is 1.38 bits per heavy atom. The standard InChI is InChI=1S/C13H15F4NO5S/c1-8(11(19)20)18-24(21,22)10-4-2-3-9(5-10)6-23-7-13(16,17)12(14)15/h2-5,8,12,18H,6-7H2,1H3,(H,19,20)/t8-/m0/s1. The van der Waals surface area contributed by atoms with Gasteiger partial charge in [0.2, 0.25) is 10.0 Å². The SMILES string of the molecule is C[C@H](NS(=O)(=O)c1cccc(COCC(F)(F)C(F)F)c1)C(=O)O. The van der Waals surface area contributed by atoms with E-state index in [1.165, 1.54) is 12.1 Å². The van der Waals surface area contributed by atoms with Gasteiger partial charge in [0.25, 0.3) is 0 Å². The van der Waals surface area contributed by atoms with Gasteiger partial charge in [0.05, 0.1) is 11.5 Å². The molecule has 0 bridgehead atoms. The summed E-state index contributed by atoms with van der Waals surface area (Å²) in [7, 11) is -4.15. The molecule has 136 valence electrons. The van der Waals surface area contributed by atoms with Gasteiger partial charge in [-0.15, -0.1) is 0 Å². The molecular weight excluding hydrogens is 358 g/mol. The van der Waals surface area contributed by atoms with Crippen LogP contribution in [0.3, 0.4) is 0 Å². The highest BCUT2D eigenvalue weighted by Gasteiger charge is 2.40. The van der Waals surface area contributed by atoms with Crippen molar-refractivity contribution in [2.75, 3.05) is 6.61 Å².